The van der Waals surface area contributed by atoms with Crippen LogP contribution in [0.5, 0.6) is 11.5 Å². The molecule has 1 fully saturated rings. The number of hydrogen-bond acceptors (Lipinski definition) is 5. The Kier molecular flexibility index (Phi) is 9.58. The Bertz CT molecular complexity index is 880. The summed E-state index contributed by atoms with van der Waals surface area (Å²) < 4.78 is 17.3. The number of carbonyl (C=O) groups excluding carboxylic acids is 1. The van der Waals surface area contributed by atoms with Gasteiger partial charge in [-0.1, -0.05) is 38.1 Å². The molecule has 180 valence electrons. The molecule has 33 heavy (non-hydrogen) atoms. The van der Waals surface area contributed by atoms with Gasteiger partial charge in [0.15, 0.2) is 6.10 Å². The number of benzene rings is 2. The number of likely N-dealkylation sites (N-methyl/N-ethyl adjacent to an activating group) is 1. The largest absolute Gasteiger partial charge is 0.492 e. The average molecular weight is 455 g/mol. The Morgan fingerprint density at radius 3 is 2.58 bits per heavy atom. The standard InChI is InChI=1S/C27H38N2O4/c1-20(2)23-8-6-10-26(18-23)33-21(3)27(30)28-19-22-7-5-9-25(17-22)32-16-13-29(4)24-11-14-31-15-12-24/h5-10,17-18,20-21,24H,11-16,19H2,1-4H3,(H,28,30). The van der Waals surface area contributed by atoms with Crippen LogP contribution in [0.25, 0.3) is 0 Å². The Balaban J connectivity index is 1.42. The van der Waals surface area contributed by atoms with Crippen LogP contribution >= 0.6 is 0 Å². The first-order valence-corrected chi connectivity index (χ1v) is 12.0. The molecule has 1 atom stereocenters. The number of ether oxygens (including phenoxy) is 3. The highest BCUT2D eigenvalue weighted by Crippen LogP contribution is 2.21. The zero-order valence-electron chi connectivity index (χ0n) is 20.4. The van der Waals surface area contributed by atoms with Crippen molar-refractivity contribution in [2.75, 3.05) is 33.4 Å². The summed E-state index contributed by atoms with van der Waals surface area (Å²) >= 11 is 0. The van der Waals surface area contributed by atoms with Crippen LogP contribution in [0.2, 0.25) is 0 Å². The van der Waals surface area contributed by atoms with Crippen LogP contribution in [-0.4, -0.2) is 56.4 Å². The molecule has 1 aliphatic rings. The molecule has 1 aliphatic heterocycles. The minimum atomic E-state index is -0.576. The van der Waals surface area contributed by atoms with Crippen molar-refractivity contribution in [3.8, 4) is 11.5 Å². The summed E-state index contributed by atoms with van der Waals surface area (Å²) in [5.74, 6) is 1.80. The van der Waals surface area contributed by atoms with Crippen molar-refractivity contribution in [1.82, 2.24) is 10.2 Å². The minimum absolute atomic E-state index is 0.144. The van der Waals surface area contributed by atoms with E-state index in [0.717, 1.165) is 43.9 Å². The third kappa shape index (κ3) is 8.06. The second-order valence-electron chi connectivity index (χ2n) is 9.03. The molecule has 2 aromatic carbocycles. The highest BCUT2D eigenvalue weighted by Gasteiger charge is 2.18. The van der Waals surface area contributed by atoms with Gasteiger partial charge in [-0.15, -0.1) is 0 Å². The van der Waals surface area contributed by atoms with E-state index < -0.39 is 6.10 Å². The van der Waals surface area contributed by atoms with Gasteiger partial charge in [0.2, 0.25) is 0 Å². The van der Waals surface area contributed by atoms with Crippen molar-refractivity contribution in [3.05, 3.63) is 59.7 Å². The number of amides is 1. The average Bonchev–Trinajstić information content (AvgIpc) is 2.83. The Labute approximate surface area is 198 Å². The third-order valence-corrected chi connectivity index (χ3v) is 6.10. The van der Waals surface area contributed by atoms with Gasteiger partial charge in [0, 0.05) is 32.3 Å². The lowest BCUT2D eigenvalue weighted by molar-refractivity contribution is -0.127. The van der Waals surface area contributed by atoms with E-state index in [4.69, 9.17) is 14.2 Å². The summed E-state index contributed by atoms with van der Waals surface area (Å²) in [5, 5.41) is 2.96. The predicted molar refractivity (Wildman–Crippen MR) is 131 cm³/mol. The van der Waals surface area contributed by atoms with Gasteiger partial charge in [-0.3, -0.25) is 9.69 Å². The number of nitrogens with one attached hydrogen (secondary N) is 1. The van der Waals surface area contributed by atoms with E-state index in [9.17, 15) is 4.79 Å². The molecular formula is C27H38N2O4. The molecule has 0 spiro atoms. The van der Waals surface area contributed by atoms with Crippen molar-refractivity contribution in [2.45, 2.75) is 58.2 Å². The van der Waals surface area contributed by atoms with Crippen LogP contribution in [-0.2, 0) is 16.1 Å². The van der Waals surface area contributed by atoms with Crippen LogP contribution in [0.3, 0.4) is 0 Å². The molecule has 1 unspecified atom stereocenters. The first kappa shape index (κ1) is 25.1. The lowest BCUT2D eigenvalue weighted by Gasteiger charge is -2.31. The van der Waals surface area contributed by atoms with E-state index in [1.165, 1.54) is 5.56 Å². The fraction of sp³-hybridized carbons (Fsp3) is 0.519. The van der Waals surface area contributed by atoms with Crippen LogP contribution in [0.1, 0.15) is 50.7 Å². The molecule has 1 saturated heterocycles. The summed E-state index contributed by atoms with van der Waals surface area (Å²) in [6, 6.07) is 16.4. The van der Waals surface area contributed by atoms with Crippen LogP contribution in [0.15, 0.2) is 48.5 Å². The lowest BCUT2D eigenvalue weighted by atomic mass is 10.0. The molecule has 0 aromatic heterocycles. The third-order valence-electron chi connectivity index (χ3n) is 6.10. The van der Waals surface area contributed by atoms with E-state index in [0.29, 0.717) is 30.9 Å². The summed E-state index contributed by atoms with van der Waals surface area (Å²) in [7, 11) is 2.15. The van der Waals surface area contributed by atoms with Gasteiger partial charge in [-0.05, 0) is 68.1 Å². The van der Waals surface area contributed by atoms with Gasteiger partial charge in [0.25, 0.3) is 5.91 Å². The lowest BCUT2D eigenvalue weighted by Crippen LogP contribution is -2.38. The summed E-state index contributed by atoms with van der Waals surface area (Å²) in [6.45, 7) is 9.66. The van der Waals surface area contributed by atoms with Crippen LogP contribution in [0, 0.1) is 0 Å². The predicted octanol–water partition coefficient (Wildman–Crippen LogP) is 4.38. The SMILES string of the molecule is CC(Oc1cccc(C(C)C)c1)C(=O)NCc1cccc(OCCN(C)C2CCOCC2)c1. The normalized spacial score (nSPS) is 15.5. The maximum atomic E-state index is 12.5. The molecule has 3 rings (SSSR count). The van der Waals surface area contributed by atoms with Gasteiger partial charge >= 0.3 is 0 Å². The van der Waals surface area contributed by atoms with Crippen molar-refractivity contribution in [2.24, 2.45) is 0 Å². The first-order valence-electron chi connectivity index (χ1n) is 12.0. The van der Waals surface area contributed by atoms with Crippen LogP contribution in [0.4, 0.5) is 0 Å². The van der Waals surface area contributed by atoms with E-state index in [1.54, 1.807) is 6.92 Å². The van der Waals surface area contributed by atoms with Gasteiger partial charge < -0.3 is 19.5 Å². The minimum Gasteiger partial charge on any atom is -0.492 e. The fourth-order valence-electron chi connectivity index (χ4n) is 3.90. The van der Waals surface area contributed by atoms with Gasteiger partial charge in [0.1, 0.15) is 18.1 Å². The van der Waals surface area contributed by atoms with E-state index in [2.05, 4.69) is 37.2 Å². The van der Waals surface area contributed by atoms with Crippen molar-refractivity contribution in [1.29, 1.82) is 0 Å². The second kappa shape index (κ2) is 12.6. The molecule has 0 bridgehead atoms. The molecule has 0 saturated carbocycles. The fourth-order valence-corrected chi connectivity index (χ4v) is 3.90. The first-order chi connectivity index (χ1) is 15.9. The Morgan fingerprint density at radius 2 is 1.82 bits per heavy atom. The maximum absolute atomic E-state index is 12.5. The number of nitrogens with zero attached hydrogens (tertiary/aromatic N) is 1. The molecule has 0 radical (unpaired) electrons. The summed E-state index contributed by atoms with van der Waals surface area (Å²) in [4.78, 5) is 14.9. The Hall–Kier alpha value is -2.57. The smallest absolute Gasteiger partial charge is 0.261 e. The summed E-state index contributed by atoms with van der Waals surface area (Å²) in [5.41, 5.74) is 2.18. The van der Waals surface area contributed by atoms with E-state index >= 15 is 0 Å². The molecular weight excluding hydrogens is 416 g/mol. The summed E-state index contributed by atoms with van der Waals surface area (Å²) in [6.07, 6.45) is 1.58. The molecule has 6 nitrogen and oxygen atoms in total. The van der Waals surface area contributed by atoms with Gasteiger partial charge in [0.05, 0.1) is 0 Å². The monoisotopic (exact) mass is 454 g/mol. The highest BCUT2D eigenvalue weighted by molar-refractivity contribution is 5.80. The Morgan fingerprint density at radius 1 is 1.09 bits per heavy atom. The molecule has 1 heterocycles. The molecule has 0 aliphatic carbocycles. The maximum Gasteiger partial charge on any atom is 0.261 e. The van der Waals surface area contributed by atoms with Crippen LogP contribution < -0.4 is 14.8 Å². The number of carbonyl (C=O) groups is 1. The van der Waals surface area contributed by atoms with E-state index in [-0.39, 0.29) is 5.91 Å². The van der Waals surface area contributed by atoms with Crippen molar-refractivity contribution in [3.63, 3.8) is 0 Å². The molecule has 6 heteroatoms. The number of rotatable bonds is 11. The zero-order chi connectivity index (χ0) is 23.6. The second-order valence-corrected chi connectivity index (χ2v) is 9.03. The van der Waals surface area contributed by atoms with Gasteiger partial charge in [-0.25, -0.2) is 0 Å². The topological polar surface area (TPSA) is 60.0 Å². The number of hydrogen-bond donors (Lipinski definition) is 1. The van der Waals surface area contributed by atoms with Crippen molar-refractivity contribution < 1.29 is 19.0 Å². The highest BCUT2D eigenvalue weighted by atomic mass is 16.5. The van der Waals surface area contributed by atoms with E-state index in [1.807, 2.05) is 42.5 Å². The molecule has 1 amide bonds. The molecule has 2 aromatic rings. The quantitative estimate of drug-likeness (QED) is 0.546. The zero-order valence-corrected chi connectivity index (χ0v) is 20.4. The van der Waals surface area contributed by atoms with Gasteiger partial charge in [-0.2, -0.15) is 0 Å². The van der Waals surface area contributed by atoms with Crippen molar-refractivity contribution >= 4 is 5.91 Å². The molecule has 1 N–H and O–H groups in total.